The molecule has 0 unspecified atom stereocenters. The molecule has 2 rings (SSSR count). The van der Waals surface area contributed by atoms with Gasteiger partial charge in [-0.25, -0.2) is 8.42 Å². The molecule has 4 nitrogen and oxygen atoms in total. The summed E-state index contributed by atoms with van der Waals surface area (Å²) in [6.45, 7) is 2.33. The summed E-state index contributed by atoms with van der Waals surface area (Å²) in [5, 5.41) is 3.22. The standard InChI is InChI=1S/C13H16F3NO3S/c14-13(15,16)21(18,19)12-3-1-11(2-4-12)20-9-10-5-7-17-8-6-10/h1-4,10,17H,5-9H2. The van der Waals surface area contributed by atoms with E-state index < -0.39 is 20.2 Å². The van der Waals surface area contributed by atoms with Crippen LogP contribution in [-0.2, 0) is 9.84 Å². The normalized spacial score (nSPS) is 17.7. The maximum Gasteiger partial charge on any atom is 0.501 e. The molecule has 1 aliphatic heterocycles. The van der Waals surface area contributed by atoms with Crippen molar-refractivity contribution in [2.45, 2.75) is 23.2 Å². The Bertz CT molecular complexity index is 563. The lowest BCUT2D eigenvalue weighted by molar-refractivity contribution is -0.0436. The number of halogens is 3. The molecule has 1 saturated heterocycles. The molecule has 1 fully saturated rings. The Kier molecular flexibility index (Phi) is 4.77. The van der Waals surface area contributed by atoms with Crippen LogP contribution >= 0.6 is 0 Å². The monoisotopic (exact) mass is 323 g/mol. The van der Waals surface area contributed by atoms with Gasteiger partial charge < -0.3 is 10.1 Å². The molecule has 1 aliphatic rings. The van der Waals surface area contributed by atoms with Gasteiger partial charge >= 0.3 is 5.51 Å². The molecule has 0 radical (unpaired) electrons. The molecule has 21 heavy (non-hydrogen) atoms. The summed E-state index contributed by atoms with van der Waals surface area (Å²) in [6, 6.07) is 4.33. The zero-order valence-corrected chi connectivity index (χ0v) is 12.0. The second-order valence-electron chi connectivity index (χ2n) is 4.92. The van der Waals surface area contributed by atoms with Gasteiger partial charge in [-0.15, -0.1) is 0 Å². The average molecular weight is 323 g/mol. The number of piperidine rings is 1. The summed E-state index contributed by atoms with van der Waals surface area (Å²) in [7, 11) is -5.29. The van der Waals surface area contributed by atoms with E-state index in [0.717, 1.165) is 38.1 Å². The van der Waals surface area contributed by atoms with Crippen LogP contribution in [0.2, 0.25) is 0 Å². The Hall–Kier alpha value is -1.28. The first-order chi connectivity index (χ1) is 9.80. The Labute approximate surface area is 121 Å². The van der Waals surface area contributed by atoms with Crippen molar-refractivity contribution in [2.75, 3.05) is 19.7 Å². The SMILES string of the molecule is O=S(=O)(c1ccc(OCC2CCNCC2)cc1)C(F)(F)F. The molecule has 1 N–H and O–H groups in total. The van der Waals surface area contributed by atoms with Gasteiger partial charge in [-0.3, -0.25) is 0 Å². The fraction of sp³-hybridized carbons (Fsp3) is 0.538. The number of nitrogens with one attached hydrogen (secondary N) is 1. The molecule has 0 spiro atoms. The molecule has 0 atom stereocenters. The Balaban J connectivity index is 1.99. The quantitative estimate of drug-likeness (QED) is 0.924. The third-order valence-electron chi connectivity index (χ3n) is 3.38. The van der Waals surface area contributed by atoms with Gasteiger partial charge in [0.1, 0.15) is 5.75 Å². The second kappa shape index (κ2) is 6.23. The van der Waals surface area contributed by atoms with E-state index >= 15 is 0 Å². The molecule has 118 valence electrons. The van der Waals surface area contributed by atoms with E-state index in [1.54, 1.807) is 0 Å². The van der Waals surface area contributed by atoms with E-state index in [9.17, 15) is 21.6 Å². The molecule has 0 amide bonds. The van der Waals surface area contributed by atoms with Gasteiger partial charge in [0.2, 0.25) is 0 Å². The van der Waals surface area contributed by atoms with Gasteiger partial charge in [0.15, 0.2) is 0 Å². The number of alkyl halides is 3. The molecule has 0 bridgehead atoms. The highest BCUT2D eigenvalue weighted by Crippen LogP contribution is 2.31. The van der Waals surface area contributed by atoms with Crippen LogP contribution < -0.4 is 10.1 Å². The van der Waals surface area contributed by atoms with Gasteiger partial charge in [0.05, 0.1) is 11.5 Å². The number of rotatable bonds is 4. The predicted octanol–water partition coefficient (Wildman–Crippen LogP) is 2.36. The minimum absolute atomic E-state index is 0.370. The van der Waals surface area contributed by atoms with Gasteiger partial charge in [0, 0.05) is 0 Å². The first-order valence-corrected chi connectivity index (χ1v) is 8.04. The van der Waals surface area contributed by atoms with Crippen molar-refractivity contribution >= 4 is 9.84 Å². The predicted molar refractivity (Wildman–Crippen MR) is 70.8 cm³/mol. The molecule has 0 aromatic heterocycles. The minimum atomic E-state index is -5.29. The van der Waals surface area contributed by atoms with E-state index in [-0.39, 0.29) is 0 Å². The zero-order valence-electron chi connectivity index (χ0n) is 11.2. The van der Waals surface area contributed by atoms with Crippen LogP contribution in [0.4, 0.5) is 13.2 Å². The third kappa shape index (κ3) is 3.88. The van der Waals surface area contributed by atoms with Crippen LogP contribution in [0, 0.1) is 5.92 Å². The van der Waals surface area contributed by atoms with Gasteiger partial charge in [-0.05, 0) is 56.1 Å². The smallest absolute Gasteiger partial charge is 0.493 e. The van der Waals surface area contributed by atoms with E-state index in [1.165, 1.54) is 12.1 Å². The van der Waals surface area contributed by atoms with Crippen molar-refractivity contribution in [3.05, 3.63) is 24.3 Å². The summed E-state index contributed by atoms with van der Waals surface area (Å²) in [5.41, 5.74) is -5.29. The molecule has 0 aliphatic carbocycles. The van der Waals surface area contributed by atoms with E-state index in [2.05, 4.69) is 5.32 Å². The number of hydrogen-bond donors (Lipinski definition) is 1. The largest absolute Gasteiger partial charge is 0.501 e. The topological polar surface area (TPSA) is 55.4 Å². The fourth-order valence-electron chi connectivity index (χ4n) is 2.11. The van der Waals surface area contributed by atoms with Crippen molar-refractivity contribution < 1.29 is 26.3 Å². The highest BCUT2D eigenvalue weighted by atomic mass is 32.2. The lowest BCUT2D eigenvalue weighted by Gasteiger charge is -2.22. The van der Waals surface area contributed by atoms with Crippen LogP contribution in [0.1, 0.15) is 12.8 Å². The summed E-state index contributed by atoms with van der Waals surface area (Å²) >= 11 is 0. The zero-order chi connectivity index (χ0) is 15.5. The number of benzene rings is 1. The van der Waals surface area contributed by atoms with Gasteiger partial charge in [-0.2, -0.15) is 13.2 Å². The molecular weight excluding hydrogens is 307 g/mol. The van der Waals surface area contributed by atoms with Crippen molar-refractivity contribution in [1.29, 1.82) is 0 Å². The van der Waals surface area contributed by atoms with Gasteiger partial charge in [0.25, 0.3) is 9.84 Å². The number of sulfone groups is 1. The van der Waals surface area contributed by atoms with E-state index in [1.807, 2.05) is 0 Å². The maximum atomic E-state index is 12.4. The van der Waals surface area contributed by atoms with E-state index in [4.69, 9.17) is 4.74 Å². The summed E-state index contributed by atoms with van der Waals surface area (Å²) in [5.74, 6) is 0.777. The molecule has 0 saturated carbocycles. The van der Waals surface area contributed by atoms with E-state index in [0.29, 0.717) is 18.3 Å². The molecule has 1 heterocycles. The van der Waals surface area contributed by atoms with Gasteiger partial charge in [-0.1, -0.05) is 0 Å². The summed E-state index contributed by atoms with van der Waals surface area (Å²) in [4.78, 5) is -0.774. The third-order valence-corrected chi connectivity index (χ3v) is 4.89. The Morgan fingerprint density at radius 3 is 2.24 bits per heavy atom. The maximum absolute atomic E-state index is 12.4. The molecule has 8 heteroatoms. The highest BCUT2D eigenvalue weighted by Gasteiger charge is 2.46. The minimum Gasteiger partial charge on any atom is -0.493 e. The van der Waals surface area contributed by atoms with Crippen molar-refractivity contribution in [3.63, 3.8) is 0 Å². The van der Waals surface area contributed by atoms with Crippen molar-refractivity contribution in [3.8, 4) is 5.75 Å². The van der Waals surface area contributed by atoms with Crippen LogP contribution in [-0.4, -0.2) is 33.6 Å². The number of hydrogen-bond acceptors (Lipinski definition) is 4. The first kappa shape index (κ1) is 16.1. The molecular formula is C13H16F3NO3S. The Morgan fingerprint density at radius 1 is 1.14 bits per heavy atom. The van der Waals surface area contributed by atoms with Crippen LogP contribution in [0.15, 0.2) is 29.2 Å². The lowest BCUT2D eigenvalue weighted by atomic mass is 9.99. The second-order valence-corrected chi connectivity index (χ2v) is 6.87. The van der Waals surface area contributed by atoms with Crippen molar-refractivity contribution in [1.82, 2.24) is 5.32 Å². The van der Waals surface area contributed by atoms with Crippen LogP contribution in [0.5, 0.6) is 5.75 Å². The van der Waals surface area contributed by atoms with Crippen LogP contribution in [0.3, 0.4) is 0 Å². The molecule has 1 aromatic carbocycles. The fourth-order valence-corrected chi connectivity index (χ4v) is 2.87. The first-order valence-electron chi connectivity index (χ1n) is 6.55. The van der Waals surface area contributed by atoms with Crippen molar-refractivity contribution in [2.24, 2.45) is 5.92 Å². The summed E-state index contributed by atoms with van der Waals surface area (Å²) in [6.07, 6.45) is 1.97. The lowest BCUT2D eigenvalue weighted by Crippen LogP contribution is -2.30. The average Bonchev–Trinajstić information content (AvgIpc) is 2.45. The van der Waals surface area contributed by atoms with Crippen LogP contribution in [0.25, 0.3) is 0 Å². The molecule has 1 aromatic rings. The Morgan fingerprint density at radius 2 is 1.71 bits per heavy atom. The summed E-state index contributed by atoms with van der Waals surface area (Å²) < 4.78 is 65.0. The number of ether oxygens (including phenoxy) is 1. The highest BCUT2D eigenvalue weighted by molar-refractivity contribution is 7.92.